The van der Waals surface area contributed by atoms with Gasteiger partial charge >= 0.3 is 5.97 Å². The molecule has 0 radical (unpaired) electrons. The van der Waals surface area contributed by atoms with Gasteiger partial charge in [-0.25, -0.2) is 0 Å². The zero-order valence-corrected chi connectivity index (χ0v) is 15.5. The van der Waals surface area contributed by atoms with E-state index >= 15 is 0 Å². The molecule has 1 unspecified atom stereocenters. The standard InChI is InChI=1S/C19H39NO2/c1-5-8-10-12-14-16-20(17-15-13-11-9-6-2)18(4)19(21)22-7-3/h18H,5-17H2,1-4H3. The van der Waals surface area contributed by atoms with Crippen molar-refractivity contribution < 1.29 is 9.53 Å². The Morgan fingerprint density at radius 3 is 1.68 bits per heavy atom. The van der Waals surface area contributed by atoms with Gasteiger partial charge in [-0.15, -0.1) is 0 Å². The van der Waals surface area contributed by atoms with Gasteiger partial charge in [-0.3, -0.25) is 9.69 Å². The van der Waals surface area contributed by atoms with Crippen LogP contribution < -0.4 is 0 Å². The summed E-state index contributed by atoms with van der Waals surface area (Å²) in [4.78, 5) is 14.3. The fourth-order valence-electron chi connectivity index (χ4n) is 2.75. The van der Waals surface area contributed by atoms with E-state index in [0.717, 1.165) is 13.1 Å². The van der Waals surface area contributed by atoms with Gasteiger partial charge in [-0.1, -0.05) is 65.2 Å². The van der Waals surface area contributed by atoms with Crippen LogP contribution in [0.4, 0.5) is 0 Å². The number of rotatable bonds is 15. The topological polar surface area (TPSA) is 29.5 Å². The second-order valence-electron chi connectivity index (χ2n) is 6.29. The largest absolute Gasteiger partial charge is 0.465 e. The Morgan fingerprint density at radius 2 is 1.27 bits per heavy atom. The lowest BCUT2D eigenvalue weighted by atomic mass is 10.1. The van der Waals surface area contributed by atoms with Crippen molar-refractivity contribution in [1.29, 1.82) is 0 Å². The van der Waals surface area contributed by atoms with Crippen LogP contribution in [0.25, 0.3) is 0 Å². The second kappa shape index (κ2) is 15.3. The summed E-state index contributed by atoms with van der Waals surface area (Å²) in [5, 5.41) is 0. The summed E-state index contributed by atoms with van der Waals surface area (Å²) in [6.07, 6.45) is 12.8. The number of nitrogens with zero attached hydrogens (tertiary/aromatic N) is 1. The number of esters is 1. The molecule has 0 aliphatic rings. The minimum absolute atomic E-state index is 0.0652. The van der Waals surface area contributed by atoms with Crippen molar-refractivity contribution in [2.24, 2.45) is 0 Å². The Bertz CT molecular complexity index is 242. The van der Waals surface area contributed by atoms with E-state index in [-0.39, 0.29) is 12.0 Å². The van der Waals surface area contributed by atoms with E-state index in [1.807, 2.05) is 13.8 Å². The van der Waals surface area contributed by atoms with Crippen molar-refractivity contribution in [2.45, 2.75) is 97.9 Å². The van der Waals surface area contributed by atoms with Crippen molar-refractivity contribution >= 4 is 5.97 Å². The van der Waals surface area contributed by atoms with E-state index in [2.05, 4.69) is 18.7 Å². The van der Waals surface area contributed by atoms with Crippen molar-refractivity contribution in [3.8, 4) is 0 Å². The summed E-state index contributed by atoms with van der Waals surface area (Å²) in [6.45, 7) is 10.9. The van der Waals surface area contributed by atoms with Gasteiger partial charge in [-0.2, -0.15) is 0 Å². The molecule has 0 spiro atoms. The molecule has 0 bridgehead atoms. The third-order valence-electron chi connectivity index (χ3n) is 4.27. The third-order valence-corrected chi connectivity index (χ3v) is 4.27. The van der Waals surface area contributed by atoms with Crippen LogP contribution in [0.1, 0.15) is 91.9 Å². The molecular weight excluding hydrogens is 274 g/mol. The molecule has 1 atom stereocenters. The number of unbranched alkanes of at least 4 members (excludes halogenated alkanes) is 8. The van der Waals surface area contributed by atoms with E-state index in [9.17, 15) is 4.79 Å². The molecule has 0 aromatic rings. The lowest BCUT2D eigenvalue weighted by molar-refractivity contribution is -0.148. The van der Waals surface area contributed by atoms with E-state index in [0.29, 0.717) is 6.61 Å². The van der Waals surface area contributed by atoms with Crippen LogP contribution in [-0.2, 0) is 9.53 Å². The Labute approximate surface area is 138 Å². The molecule has 0 N–H and O–H groups in total. The Morgan fingerprint density at radius 1 is 0.818 bits per heavy atom. The molecule has 0 fully saturated rings. The first-order chi connectivity index (χ1) is 10.7. The predicted octanol–water partition coefficient (Wildman–Crippen LogP) is 5.18. The van der Waals surface area contributed by atoms with Crippen LogP contribution >= 0.6 is 0 Å². The molecule has 0 aliphatic heterocycles. The molecule has 0 aromatic heterocycles. The Kier molecular flexibility index (Phi) is 14.9. The first kappa shape index (κ1) is 21.4. The zero-order valence-electron chi connectivity index (χ0n) is 15.5. The van der Waals surface area contributed by atoms with Gasteiger partial charge in [-0.05, 0) is 39.8 Å². The summed E-state index contributed by atoms with van der Waals surface area (Å²) in [6, 6.07) is -0.0997. The molecule has 22 heavy (non-hydrogen) atoms. The summed E-state index contributed by atoms with van der Waals surface area (Å²) in [7, 11) is 0. The molecule has 0 saturated carbocycles. The molecule has 0 heterocycles. The highest BCUT2D eigenvalue weighted by molar-refractivity contribution is 5.75. The third kappa shape index (κ3) is 11.1. The lowest BCUT2D eigenvalue weighted by Gasteiger charge is -2.27. The van der Waals surface area contributed by atoms with E-state index in [1.54, 1.807) is 0 Å². The minimum atomic E-state index is -0.0997. The molecular formula is C19H39NO2. The maximum absolute atomic E-state index is 12.0. The van der Waals surface area contributed by atoms with Crippen LogP contribution in [0.2, 0.25) is 0 Å². The Hall–Kier alpha value is -0.570. The highest BCUT2D eigenvalue weighted by Crippen LogP contribution is 2.11. The van der Waals surface area contributed by atoms with Crippen molar-refractivity contribution in [2.75, 3.05) is 19.7 Å². The fourth-order valence-corrected chi connectivity index (χ4v) is 2.75. The molecule has 3 heteroatoms. The van der Waals surface area contributed by atoms with E-state index in [1.165, 1.54) is 64.2 Å². The molecule has 0 saturated heterocycles. The Balaban J connectivity index is 4.14. The first-order valence-electron chi connectivity index (χ1n) is 9.57. The van der Waals surface area contributed by atoms with Crippen LogP contribution in [0.3, 0.4) is 0 Å². The van der Waals surface area contributed by atoms with Crippen molar-refractivity contribution in [3.63, 3.8) is 0 Å². The maximum Gasteiger partial charge on any atom is 0.323 e. The smallest absolute Gasteiger partial charge is 0.323 e. The molecule has 0 amide bonds. The number of hydrogen-bond acceptors (Lipinski definition) is 3. The number of carbonyl (C=O) groups excluding carboxylic acids is 1. The van der Waals surface area contributed by atoms with Gasteiger partial charge in [0.15, 0.2) is 0 Å². The van der Waals surface area contributed by atoms with Gasteiger partial charge in [0.25, 0.3) is 0 Å². The monoisotopic (exact) mass is 313 g/mol. The van der Waals surface area contributed by atoms with Gasteiger partial charge < -0.3 is 4.74 Å². The number of hydrogen-bond donors (Lipinski definition) is 0. The van der Waals surface area contributed by atoms with Gasteiger partial charge in [0.2, 0.25) is 0 Å². The average Bonchev–Trinajstić information content (AvgIpc) is 2.52. The van der Waals surface area contributed by atoms with Crippen molar-refractivity contribution in [3.05, 3.63) is 0 Å². The van der Waals surface area contributed by atoms with E-state index in [4.69, 9.17) is 4.74 Å². The zero-order chi connectivity index (χ0) is 16.6. The molecule has 0 aliphatic carbocycles. The lowest BCUT2D eigenvalue weighted by Crippen LogP contribution is -2.41. The van der Waals surface area contributed by atoms with Gasteiger partial charge in [0, 0.05) is 0 Å². The number of ether oxygens (including phenoxy) is 1. The molecule has 132 valence electrons. The van der Waals surface area contributed by atoms with E-state index < -0.39 is 0 Å². The van der Waals surface area contributed by atoms with Crippen LogP contribution in [0.15, 0.2) is 0 Å². The summed E-state index contributed by atoms with van der Waals surface area (Å²) in [5.41, 5.74) is 0. The van der Waals surface area contributed by atoms with Crippen LogP contribution in [0.5, 0.6) is 0 Å². The summed E-state index contributed by atoms with van der Waals surface area (Å²) in [5.74, 6) is -0.0652. The molecule has 0 aromatic carbocycles. The number of carbonyl (C=O) groups is 1. The summed E-state index contributed by atoms with van der Waals surface area (Å²) >= 11 is 0. The van der Waals surface area contributed by atoms with Crippen LogP contribution in [0, 0.1) is 0 Å². The first-order valence-corrected chi connectivity index (χ1v) is 9.57. The highest BCUT2D eigenvalue weighted by Gasteiger charge is 2.21. The highest BCUT2D eigenvalue weighted by atomic mass is 16.5. The SMILES string of the molecule is CCCCCCCN(CCCCCCC)C(C)C(=O)OCC. The second-order valence-corrected chi connectivity index (χ2v) is 6.29. The van der Waals surface area contributed by atoms with Gasteiger partial charge in [0.1, 0.15) is 6.04 Å². The fraction of sp³-hybridized carbons (Fsp3) is 0.947. The molecule has 3 nitrogen and oxygen atoms in total. The van der Waals surface area contributed by atoms with Gasteiger partial charge in [0.05, 0.1) is 6.61 Å². The predicted molar refractivity (Wildman–Crippen MR) is 95.2 cm³/mol. The molecule has 0 rings (SSSR count). The minimum Gasteiger partial charge on any atom is -0.465 e. The van der Waals surface area contributed by atoms with Crippen LogP contribution in [-0.4, -0.2) is 36.6 Å². The maximum atomic E-state index is 12.0. The normalized spacial score (nSPS) is 12.6. The quantitative estimate of drug-likeness (QED) is 0.308. The summed E-state index contributed by atoms with van der Waals surface area (Å²) < 4.78 is 5.19. The van der Waals surface area contributed by atoms with Crippen molar-refractivity contribution in [1.82, 2.24) is 4.90 Å². The average molecular weight is 314 g/mol.